The average molecular weight is 439 g/mol. The Kier molecular flexibility index (Phi) is 6.88. The van der Waals surface area contributed by atoms with Gasteiger partial charge in [0.25, 0.3) is 15.9 Å². The van der Waals surface area contributed by atoms with Crippen LogP contribution in [-0.2, 0) is 19.6 Å². The highest BCUT2D eigenvalue weighted by Crippen LogP contribution is 2.19. The van der Waals surface area contributed by atoms with Crippen molar-refractivity contribution in [1.29, 1.82) is 0 Å². The van der Waals surface area contributed by atoms with Crippen LogP contribution in [0.15, 0.2) is 83.8 Å². The Bertz CT molecular complexity index is 1150. The lowest BCUT2D eigenvalue weighted by atomic mass is 10.2. The Labute approximate surface area is 180 Å². The van der Waals surface area contributed by atoms with Gasteiger partial charge in [-0.15, -0.1) is 0 Å². The van der Waals surface area contributed by atoms with Crippen molar-refractivity contribution >= 4 is 38.9 Å². The Morgan fingerprint density at radius 1 is 0.774 bits per heavy atom. The fraction of sp³-hybridized carbons (Fsp3) is 0.0909. The van der Waals surface area contributed by atoms with Gasteiger partial charge in [0.2, 0.25) is 5.91 Å². The molecule has 0 bridgehead atoms. The third-order valence-corrected chi connectivity index (χ3v) is 5.42. The van der Waals surface area contributed by atoms with E-state index >= 15 is 0 Å². The maximum atomic E-state index is 12.4. The predicted octanol–water partition coefficient (Wildman–Crippen LogP) is 3.46. The zero-order valence-corrected chi connectivity index (χ0v) is 17.5. The summed E-state index contributed by atoms with van der Waals surface area (Å²) in [5, 5.41) is 5.31. The standard InChI is InChI=1S/C22H21N3O5S/c1-16(26)23-17-7-9-18(10-8-17)24-22(27)15-30-20-11-13-21(14-12-20)31(28,29)25-19-5-3-2-4-6-19/h2-14,25H,15H2,1H3,(H,23,26)(H,24,27). The summed E-state index contributed by atoms with van der Waals surface area (Å²) in [5.74, 6) is -0.204. The van der Waals surface area contributed by atoms with E-state index in [2.05, 4.69) is 15.4 Å². The zero-order valence-electron chi connectivity index (χ0n) is 16.7. The predicted molar refractivity (Wildman–Crippen MR) is 119 cm³/mol. The van der Waals surface area contributed by atoms with Crippen molar-refractivity contribution in [3.05, 3.63) is 78.9 Å². The molecule has 2 amide bonds. The Morgan fingerprint density at radius 2 is 1.35 bits per heavy atom. The highest BCUT2D eigenvalue weighted by atomic mass is 32.2. The molecular weight excluding hydrogens is 418 g/mol. The number of anilines is 3. The van der Waals surface area contributed by atoms with Crippen molar-refractivity contribution < 1.29 is 22.7 Å². The number of nitrogens with one attached hydrogen (secondary N) is 3. The van der Waals surface area contributed by atoms with E-state index < -0.39 is 10.0 Å². The molecule has 0 aromatic heterocycles. The molecule has 3 aromatic rings. The van der Waals surface area contributed by atoms with Crippen molar-refractivity contribution in [2.75, 3.05) is 22.0 Å². The molecule has 0 aliphatic rings. The highest BCUT2D eigenvalue weighted by Gasteiger charge is 2.14. The lowest BCUT2D eigenvalue weighted by Crippen LogP contribution is -2.20. The van der Waals surface area contributed by atoms with Crippen LogP contribution in [0.25, 0.3) is 0 Å². The quantitative estimate of drug-likeness (QED) is 0.497. The van der Waals surface area contributed by atoms with Crippen molar-refractivity contribution in [2.24, 2.45) is 0 Å². The maximum Gasteiger partial charge on any atom is 0.262 e. The van der Waals surface area contributed by atoms with Crippen LogP contribution >= 0.6 is 0 Å². The highest BCUT2D eigenvalue weighted by molar-refractivity contribution is 7.92. The summed E-state index contributed by atoms with van der Waals surface area (Å²) in [4.78, 5) is 23.2. The van der Waals surface area contributed by atoms with Crippen molar-refractivity contribution in [3.8, 4) is 5.75 Å². The van der Waals surface area contributed by atoms with Crippen molar-refractivity contribution in [1.82, 2.24) is 0 Å². The van der Waals surface area contributed by atoms with E-state index in [1.165, 1.54) is 31.2 Å². The lowest BCUT2D eigenvalue weighted by Gasteiger charge is -2.10. The maximum absolute atomic E-state index is 12.4. The molecule has 160 valence electrons. The summed E-state index contributed by atoms with van der Waals surface area (Å²) in [7, 11) is -3.72. The normalized spacial score (nSPS) is 10.7. The average Bonchev–Trinajstić information content (AvgIpc) is 2.74. The first-order chi connectivity index (χ1) is 14.8. The van der Waals surface area contributed by atoms with Gasteiger partial charge in [0, 0.05) is 24.0 Å². The zero-order chi connectivity index (χ0) is 22.3. The number of rotatable bonds is 8. The van der Waals surface area contributed by atoms with Gasteiger partial charge in [-0.3, -0.25) is 14.3 Å². The van der Waals surface area contributed by atoms with Crippen LogP contribution in [0.1, 0.15) is 6.92 Å². The SMILES string of the molecule is CC(=O)Nc1ccc(NC(=O)COc2ccc(S(=O)(=O)Nc3ccccc3)cc2)cc1. The Morgan fingerprint density at radius 3 is 1.94 bits per heavy atom. The molecule has 9 heteroatoms. The number of carbonyl (C=O) groups is 2. The fourth-order valence-electron chi connectivity index (χ4n) is 2.62. The molecule has 0 aliphatic carbocycles. The molecule has 0 heterocycles. The minimum atomic E-state index is -3.72. The van der Waals surface area contributed by atoms with E-state index in [1.807, 2.05) is 0 Å². The summed E-state index contributed by atoms with van der Waals surface area (Å²) in [6, 6.07) is 21.0. The van der Waals surface area contributed by atoms with Crippen molar-refractivity contribution in [2.45, 2.75) is 11.8 Å². The van der Waals surface area contributed by atoms with E-state index in [4.69, 9.17) is 4.74 Å². The summed E-state index contributed by atoms with van der Waals surface area (Å²) < 4.78 is 32.8. The van der Waals surface area contributed by atoms with Gasteiger partial charge >= 0.3 is 0 Å². The second-order valence-corrected chi connectivity index (χ2v) is 8.22. The fourth-order valence-corrected chi connectivity index (χ4v) is 3.68. The molecule has 0 saturated carbocycles. The third kappa shape index (κ3) is 6.58. The topological polar surface area (TPSA) is 114 Å². The molecule has 3 N–H and O–H groups in total. The smallest absolute Gasteiger partial charge is 0.262 e. The van der Waals surface area contributed by atoms with Gasteiger partial charge in [-0.2, -0.15) is 0 Å². The molecule has 3 aromatic carbocycles. The number of ether oxygens (including phenoxy) is 1. The van der Waals surface area contributed by atoms with Crippen LogP contribution in [0.3, 0.4) is 0 Å². The second kappa shape index (κ2) is 9.77. The van der Waals surface area contributed by atoms with Crippen LogP contribution in [0.4, 0.5) is 17.1 Å². The monoisotopic (exact) mass is 439 g/mol. The van der Waals surface area contributed by atoms with Crippen LogP contribution < -0.4 is 20.1 Å². The van der Waals surface area contributed by atoms with Crippen molar-refractivity contribution in [3.63, 3.8) is 0 Å². The molecule has 3 rings (SSSR count). The van der Waals surface area contributed by atoms with E-state index in [0.717, 1.165) is 0 Å². The van der Waals surface area contributed by atoms with Gasteiger partial charge in [0.15, 0.2) is 6.61 Å². The van der Waals surface area contributed by atoms with Gasteiger partial charge in [-0.05, 0) is 60.7 Å². The van der Waals surface area contributed by atoms with Crippen LogP contribution in [0, 0.1) is 0 Å². The number of benzene rings is 3. The molecule has 0 radical (unpaired) electrons. The third-order valence-electron chi connectivity index (χ3n) is 4.02. The molecule has 31 heavy (non-hydrogen) atoms. The van der Waals surface area contributed by atoms with E-state index in [-0.39, 0.29) is 23.3 Å². The van der Waals surface area contributed by atoms with E-state index in [9.17, 15) is 18.0 Å². The summed E-state index contributed by atoms with van der Waals surface area (Å²) in [5.41, 5.74) is 1.64. The number of carbonyl (C=O) groups excluding carboxylic acids is 2. The number of sulfonamides is 1. The van der Waals surface area contributed by atoms with E-state index in [1.54, 1.807) is 54.6 Å². The molecule has 0 atom stereocenters. The first-order valence-corrected chi connectivity index (χ1v) is 10.8. The molecule has 0 fully saturated rings. The van der Waals surface area contributed by atoms with Gasteiger partial charge in [0.1, 0.15) is 5.75 Å². The molecule has 0 saturated heterocycles. The molecule has 0 spiro atoms. The number of amides is 2. The molecular formula is C22H21N3O5S. The van der Waals surface area contributed by atoms with Gasteiger partial charge < -0.3 is 15.4 Å². The summed E-state index contributed by atoms with van der Waals surface area (Å²) >= 11 is 0. The number of hydrogen-bond acceptors (Lipinski definition) is 5. The van der Waals surface area contributed by atoms with Gasteiger partial charge in [-0.25, -0.2) is 8.42 Å². The van der Waals surface area contributed by atoms with Gasteiger partial charge in [-0.1, -0.05) is 18.2 Å². The molecule has 0 unspecified atom stereocenters. The minimum absolute atomic E-state index is 0.0763. The van der Waals surface area contributed by atoms with Crippen LogP contribution in [0.2, 0.25) is 0 Å². The number of hydrogen-bond donors (Lipinski definition) is 3. The van der Waals surface area contributed by atoms with Crippen LogP contribution in [-0.4, -0.2) is 26.8 Å². The Balaban J connectivity index is 1.52. The second-order valence-electron chi connectivity index (χ2n) is 6.54. The van der Waals surface area contributed by atoms with Gasteiger partial charge in [0.05, 0.1) is 4.90 Å². The summed E-state index contributed by atoms with van der Waals surface area (Å²) in [6.45, 7) is 1.16. The largest absolute Gasteiger partial charge is 0.484 e. The Hall–Kier alpha value is -3.85. The first-order valence-electron chi connectivity index (χ1n) is 9.30. The number of para-hydroxylation sites is 1. The van der Waals surface area contributed by atoms with E-state index in [0.29, 0.717) is 22.8 Å². The molecule has 8 nitrogen and oxygen atoms in total. The minimum Gasteiger partial charge on any atom is -0.484 e. The molecule has 0 aliphatic heterocycles. The lowest BCUT2D eigenvalue weighted by molar-refractivity contribution is -0.118. The van der Waals surface area contributed by atoms with Crippen LogP contribution in [0.5, 0.6) is 5.75 Å². The first kappa shape index (κ1) is 21.8. The summed E-state index contributed by atoms with van der Waals surface area (Å²) in [6.07, 6.45) is 0.